The van der Waals surface area contributed by atoms with Gasteiger partial charge in [-0.3, -0.25) is 19.7 Å². The number of carbonyl (C=O) groups excluding carboxylic acids is 1. The zero-order valence-corrected chi connectivity index (χ0v) is 23.6. The second kappa shape index (κ2) is 11.1. The molecule has 1 aliphatic carbocycles. The topological polar surface area (TPSA) is 152 Å². The van der Waals surface area contributed by atoms with Gasteiger partial charge in [0.15, 0.2) is 10.1 Å². The Labute approximate surface area is 245 Å². The number of nitro groups is 1. The lowest BCUT2D eigenvalue weighted by Crippen LogP contribution is -2.46. The number of carboxylic acids is 1. The lowest BCUT2D eigenvalue weighted by molar-refractivity contribution is -0.384. The molecule has 2 aliphatic rings. The number of nitro benzene ring substituents is 1. The Morgan fingerprint density at radius 2 is 1.79 bits per heavy atom. The minimum absolute atomic E-state index is 0.0626. The highest BCUT2D eigenvalue weighted by Crippen LogP contribution is 2.38. The maximum absolute atomic E-state index is 15.3. The largest absolute Gasteiger partial charge is 0.477 e. The van der Waals surface area contributed by atoms with Gasteiger partial charge >= 0.3 is 5.97 Å². The van der Waals surface area contributed by atoms with Gasteiger partial charge in [-0.1, -0.05) is 23.1 Å². The summed E-state index contributed by atoms with van der Waals surface area (Å²) in [6.45, 7) is 2.08. The number of piperazine rings is 1. The van der Waals surface area contributed by atoms with Crippen molar-refractivity contribution in [3.63, 3.8) is 0 Å². The van der Waals surface area contributed by atoms with Gasteiger partial charge in [0.2, 0.25) is 10.6 Å². The van der Waals surface area contributed by atoms with E-state index < -0.39 is 22.1 Å². The first-order chi connectivity index (χ1) is 20.2. The fourth-order valence-electron chi connectivity index (χ4n) is 4.92. The van der Waals surface area contributed by atoms with E-state index in [0.29, 0.717) is 52.4 Å². The maximum atomic E-state index is 15.3. The molecule has 2 fully saturated rings. The molecule has 216 valence electrons. The lowest BCUT2D eigenvalue weighted by atomic mass is 10.1. The highest BCUT2D eigenvalue weighted by molar-refractivity contribution is 8.01. The van der Waals surface area contributed by atoms with E-state index >= 15 is 4.39 Å². The minimum Gasteiger partial charge on any atom is -0.477 e. The van der Waals surface area contributed by atoms with Gasteiger partial charge in [-0.15, -0.1) is 10.2 Å². The summed E-state index contributed by atoms with van der Waals surface area (Å²) in [5.74, 6) is -1.97. The van der Waals surface area contributed by atoms with Crippen LogP contribution in [0.4, 0.5) is 20.9 Å². The molecule has 6 rings (SSSR count). The SMILES string of the molecule is O=C(CSc1nnc(N2CCN(c3cc4c(cc3F)c(=O)c(C(=O)O)cn4C3CC3)CC2)s1)c1ccc([N+](=O)[O-])cc1. The molecular weight excluding hydrogens is 587 g/mol. The molecule has 3 heterocycles. The molecule has 0 bridgehead atoms. The number of aromatic carboxylic acids is 1. The molecule has 0 spiro atoms. The summed E-state index contributed by atoms with van der Waals surface area (Å²) in [5.41, 5.74) is 0.137. The molecular formula is C27H23FN6O6S2. The van der Waals surface area contributed by atoms with Gasteiger partial charge in [0.1, 0.15) is 11.4 Å². The standard InChI is InChI=1S/C27H23FN6O6S2/c28-20-11-18-21(33(16-5-6-16)13-19(24(18)36)25(37)38)12-22(20)31-7-9-32(10-8-31)26-29-30-27(42-26)41-14-23(35)15-1-3-17(4-2-15)34(39)40/h1-4,11-13,16H,5-10,14H2,(H,37,38). The fraction of sp³-hybridized carbons (Fsp3) is 0.296. The number of Topliss-reactive ketones (excluding diaryl/α,β-unsaturated/α-hetero) is 1. The van der Waals surface area contributed by atoms with E-state index in [-0.39, 0.29) is 34.2 Å². The second-order valence-corrected chi connectivity index (χ2v) is 12.2. The quantitative estimate of drug-likeness (QED) is 0.125. The van der Waals surface area contributed by atoms with Gasteiger partial charge in [-0.25, -0.2) is 9.18 Å². The Balaban J connectivity index is 1.12. The number of benzene rings is 2. The van der Waals surface area contributed by atoms with Crippen LogP contribution >= 0.6 is 23.1 Å². The van der Waals surface area contributed by atoms with E-state index in [4.69, 9.17) is 0 Å². The molecule has 0 radical (unpaired) electrons. The third kappa shape index (κ3) is 5.44. The molecule has 0 atom stereocenters. The van der Waals surface area contributed by atoms with Gasteiger partial charge in [-0.2, -0.15) is 0 Å². The number of hydrogen-bond donors (Lipinski definition) is 1. The van der Waals surface area contributed by atoms with Crippen LogP contribution in [0, 0.1) is 15.9 Å². The van der Waals surface area contributed by atoms with Gasteiger partial charge in [-0.05, 0) is 37.1 Å². The molecule has 2 aromatic carbocycles. The number of non-ortho nitro benzene ring substituents is 1. The predicted octanol–water partition coefficient (Wildman–Crippen LogP) is 4.24. The lowest BCUT2D eigenvalue weighted by Gasteiger charge is -2.36. The molecule has 42 heavy (non-hydrogen) atoms. The van der Waals surface area contributed by atoms with Crippen molar-refractivity contribution in [1.29, 1.82) is 0 Å². The highest BCUT2D eigenvalue weighted by Gasteiger charge is 2.29. The Bertz CT molecular complexity index is 1780. The third-order valence-corrected chi connectivity index (χ3v) is 9.40. The van der Waals surface area contributed by atoms with Gasteiger partial charge in [0, 0.05) is 61.5 Å². The van der Waals surface area contributed by atoms with E-state index in [0.717, 1.165) is 18.9 Å². The van der Waals surface area contributed by atoms with Crippen molar-refractivity contribution >= 4 is 62.3 Å². The summed E-state index contributed by atoms with van der Waals surface area (Å²) in [6, 6.07) is 8.35. The Kier molecular flexibility index (Phi) is 7.36. The number of hydrogen-bond acceptors (Lipinski definition) is 11. The second-order valence-electron chi connectivity index (χ2n) is 9.98. The van der Waals surface area contributed by atoms with Crippen LogP contribution in [0.2, 0.25) is 0 Å². The highest BCUT2D eigenvalue weighted by atomic mass is 32.2. The number of thioether (sulfide) groups is 1. The van der Waals surface area contributed by atoms with E-state index in [9.17, 15) is 29.6 Å². The first-order valence-corrected chi connectivity index (χ1v) is 14.9. The Hall–Kier alpha value is -4.37. The number of carboxylic acid groups (broad SMARTS) is 1. The van der Waals surface area contributed by atoms with Crippen LogP contribution < -0.4 is 15.2 Å². The molecule has 4 aromatic rings. The minimum atomic E-state index is -1.33. The van der Waals surface area contributed by atoms with E-state index in [1.807, 2.05) is 9.80 Å². The third-order valence-electron chi connectivity index (χ3n) is 7.28. The molecule has 1 saturated carbocycles. The number of rotatable bonds is 9. The van der Waals surface area contributed by atoms with Crippen molar-refractivity contribution in [2.45, 2.75) is 23.2 Å². The summed E-state index contributed by atoms with van der Waals surface area (Å²) in [4.78, 5) is 51.1. The van der Waals surface area contributed by atoms with Crippen LogP contribution in [0.25, 0.3) is 10.9 Å². The Morgan fingerprint density at radius 3 is 2.43 bits per heavy atom. The first kappa shape index (κ1) is 27.8. The molecule has 0 amide bonds. The number of nitrogens with zero attached hydrogens (tertiary/aromatic N) is 6. The van der Waals surface area contributed by atoms with Gasteiger partial charge in [0.25, 0.3) is 5.69 Å². The molecule has 1 aliphatic heterocycles. The van der Waals surface area contributed by atoms with Crippen LogP contribution in [0.3, 0.4) is 0 Å². The smallest absolute Gasteiger partial charge is 0.341 e. The number of pyridine rings is 1. The summed E-state index contributed by atoms with van der Waals surface area (Å²) in [6.07, 6.45) is 3.11. The van der Waals surface area contributed by atoms with Crippen LogP contribution in [0.5, 0.6) is 0 Å². The summed E-state index contributed by atoms with van der Waals surface area (Å²) in [7, 11) is 0. The normalized spacial score (nSPS) is 15.3. The van der Waals surface area contributed by atoms with Gasteiger partial charge in [0.05, 0.1) is 21.9 Å². The fourth-order valence-corrected chi connectivity index (χ4v) is 6.70. The maximum Gasteiger partial charge on any atom is 0.341 e. The summed E-state index contributed by atoms with van der Waals surface area (Å²) < 4.78 is 17.7. The number of carbonyl (C=O) groups is 2. The number of anilines is 2. The van der Waals surface area contributed by atoms with Crippen molar-refractivity contribution in [3.05, 3.63) is 79.9 Å². The van der Waals surface area contributed by atoms with Crippen molar-refractivity contribution < 1.29 is 24.0 Å². The number of halogens is 1. The van der Waals surface area contributed by atoms with Crippen LogP contribution in [0.1, 0.15) is 39.6 Å². The summed E-state index contributed by atoms with van der Waals surface area (Å²) in [5, 5.41) is 29.4. The molecule has 0 unspecified atom stereocenters. The average Bonchev–Trinajstić information content (AvgIpc) is 3.72. The monoisotopic (exact) mass is 610 g/mol. The Morgan fingerprint density at radius 1 is 1.10 bits per heavy atom. The number of fused-ring (bicyclic) bond motifs is 1. The van der Waals surface area contributed by atoms with E-state index in [2.05, 4.69) is 10.2 Å². The first-order valence-electron chi connectivity index (χ1n) is 13.0. The summed E-state index contributed by atoms with van der Waals surface area (Å²) >= 11 is 2.59. The zero-order chi connectivity index (χ0) is 29.5. The van der Waals surface area contributed by atoms with Gasteiger partial charge < -0.3 is 19.5 Å². The van der Waals surface area contributed by atoms with Crippen LogP contribution in [-0.4, -0.2) is 68.5 Å². The number of aromatic nitrogens is 3. The van der Waals surface area contributed by atoms with Crippen molar-refractivity contribution in [2.75, 3.05) is 41.7 Å². The van der Waals surface area contributed by atoms with Crippen LogP contribution in [-0.2, 0) is 0 Å². The van der Waals surface area contributed by atoms with Crippen LogP contribution in [0.15, 0.2) is 51.7 Å². The van der Waals surface area contributed by atoms with E-state index in [1.165, 1.54) is 53.6 Å². The molecule has 2 aromatic heterocycles. The molecule has 12 nitrogen and oxygen atoms in total. The zero-order valence-electron chi connectivity index (χ0n) is 21.9. The average molecular weight is 611 g/mol. The molecule has 1 saturated heterocycles. The van der Waals surface area contributed by atoms with E-state index in [1.54, 1.807) is 10.6 Å². The molecule has 15 heteroatoms. The van der Waals surface area contributed by atoms with Crippen molar-refractivity contribution in [1.82, 2.24) is 14.8 Å². The predicted molar refractivity (Wildman–Crippen MR) is 156 cm³/mol. The molecule has 1 N–H and O–H groups in total. The number of ketones is 1. The van der Waals surface area contributed by atoms with Crippen molar-refractivity contribution in [3.8, 4) is 0 Å². The van der Waals surface area contributed by atoms with Crippen molar-refractivity contribution in [2.24, 2.45) is 0 Å².